The van der Waals surface area contributed by atoms with E-state index in [4.69, 9.17) is 5.73 Å². The van der Waals surface area contributed by atoms with Gasteiger partial charge in [-0.3, -0.25) is 4.79 Å². The molecule has 1 aromatic carbocycles. The van der Waals surface area contributed by atoms with E-state index >= 15 is 0 Å². The quantitative estimate of drug-likeness (QED) is 0.657. The Morgan fingerprint density at radius 2 is 2.00 bits per heavy atom. The summed E-state index contributed by atoms with van der Waals surface area (Å²) in [7, 11) is -3.60. The second-order valence-corrected chi connectivity index (χ2v) is 8.61. The van der Waals surface area contributed by atoms with Gasteiger partial charge in [0.05, 0.1) is 4.90 Å². The molecule has 1 aliphatic rings. The Bertz CT molecular complexity index is 670. The molecule has 1 unspecified atom stereocenters. The summed E-state index contributed by atoms with van der Waals surface area (Å²) in [5.41, 5.74) is 5.83. The number of nitrogens with two attached hydrogens (primary N) is 1. The first-order valence-corrected chi connectivity index (χ1v) is 10.5. The molecular weight excluding hydrogens is 338 g/mol. The van der Waals surface area contributed by atoms with Crippen molar-refractivity contribution in [1.82, 2.24) is 4.72 Å². The highest BCUT2D eigenvalue weighted by Crippen LogP contribution is 2.31. The van der Waals surface area contributed by atoms with E-state index in [0.717, 1.165) is 0 Å². The third kappa shape index (κ3) is 6.09. The van der Waals surface area contributed by atoms with Crippen LogP contribution in [-0.4, -0.2) is 27.4 Å². The minimum Gasteiger partial charge on any atom is -0.329 e. The Labute approximate surface area is 150 Å². The summed E-state index contributed by atoms with van der Waals surface area (Å²) in [6.07, 6.45) is 6.69. The molecule has 0 heterocycles. The van der Waals surface area contributed by atoms with Crippen molar-refractivity contribution in [2.45, 2.75) is 50.3 Å². The van der Waals surface area contributed by atoms with E-state index in [1.54, 1.807) is 12.1 Å². The molecule has 140 valence electrons. The van der Waals surface area contributed by atoms with Gasteiger partial charge in [-0.1, -0.05) is 45.1 Å². The third-order valence-electron chi connectivity index (χ3n) is 4.83. The average molecular weight is 368 g/mol. The topological polar surface area (TPSA) is 101 Å². The van der Waals surface area contributed by atoms with Crippen LogP contribution in [0.2, 0.25) is 0 Å². The molecule has 6 nitrogen and oxygen atoms in total. The van der Waals surface area contributed by atoms with Crippen LogP contribution in [0.4, 0.5) is 5.69 Å². The fourth-order valence-electron chi connectivity index (χ4n) is 3.39. The fourth-order valence-corrected chi connectivity index (χ4v) is 4.49. The molecule has 1 amide bonds. The van der Waals surface area contributed by atoms with Crippen LogP contribution in [0, 0.1) is 11.8 Å². The maximum absolute atomic E-state index is 12.3. The van der Waals surface area contributed by atoms with E-state index in [9.17, 15) is 13.2 Å². The van der Waals surface area contributed by atoms with E-state index in [-0.39, 0.29) is 23.9 Å². The van der Waals surface area contributed by atoms with Gasteiger partial charge in [-0.05, 0) is 30.0 Å². The molecule has 2 rings (SSSR count). The molecule has 1 aromatic rings. The smallest absolute Gasteiger partial charge is 0.240 e. The number of benzene rings is 1. The summed E-state index contributed by atoms with van der Waals surface area (Å²) in [6, 6.07) is 6.30. The summed E-state index contributed by atoms with van der Waals surface area (Å²) < 4.78 is 26.7. The minimum absolute atomic E-state index is 0.0671. The lowest BCUT2D eigenvalue weighted by molar-refractivity contribution is -0.117. The summed E-state index contributed by atoms with van der Waals surface area (Å²) in [5, 5.41) is 2.82. The van der Waals surface area contributed by atoms with E-state index in [0.29, 0.717) is 23.9 Å². The summed E-state index contributed by atoms with van der Waals surface area (Å²) >= 11 is 0. The van der Waals surface area contributed by atoms with Crippen molar-refractivity contribution in [1.29, 1.82) is 0 Å². The molecule has 1 saturated carbocycles. The Morgan fingerprint density at radius 1 is 1.28 bits per heavy atom. The number of hydrogen-bond donors (Lipinski definition) is 3. The number of anilines is 1. The zero-order chi connectivity index (χ0) is 18.3. The third-order valence-corrected chi connectivity index (χ3v) is 6.29. The lowest BCUT2D eigenvalue weighted by Gasteiger charge is -2.27. The number of carbonyl (C=O) groups is 1. The molecule has 0 aliphatic heterocycles. The van der Waals surface area contributed by atoms with Crippen molar-refractivity contribution in [2.75, 3.05) is 18.4 Å². The highest BCUT2D eigenvalue weighted by Gasteiger charge is 2.22. The van der Waals surface area contributed by atoms with Crippen LogP contribution in [-0.2, 0) is 14.8 Å². The molecular formula is C18H29N3O3S. The molecule has 1 aliphatic carbocycles. The van der Waals surface area contributed by atoms with Gasteiger partial charge in [-0.2, -0.15) is 0 Å². The number of hydrogen-bond acceptors (Lipinski definition) is 4. The monoisotopic (exact) mass is 367 g/mol. The van der Waals surface area contributed by atoms with E-state index < -0.39 is 10.0 Å². The van der Waals surface area contributed by atoms with Crippen LogP contribution in [0.15, 0.2) is 29.2 Å². The zero-order valence-electron chi connectivity index (χ0n) is 14.8. The van der Waals surface area contributed by atoms with E-state index in [1.165, 1.54) is 44.2 Å². The van der Waals surface area contributed by atoms with Gasteiger partial charge >= 0.3 is 0 Å². The maximum Gasteiger partial charge on any atom is 0.240 e. The standard InChI is InChI=1S/C18H29N3O3S/c1-14(15-6-3-2-4-7-15)12-18(22)21-16-8-5-9-17(13-16)25(23,24)20-11-10-19/h5,8-9,13-15,20H,2-4,6-7,10-12,19H2,1H3,(H,21,22). The van der Waals surface area contributed by atoms with Crippen molar-refractivity contribution in [2.24, 2.45) is 17.6 Å². The van der Waals surface area contributed by atoms with Crippen LogP contribution in [0.5, 0.6) is 0 Å². The number of rotatable bonds is 8. The Morgan fingerprint density at radius 3 is 2.68 bits per heavy atom. The van der Waals surface area contributed by atoms with Crippen molar-refractivity contribution in [3.05, 3.63) is 24.3 Å². The first-order valence-electron chi connectivity index (χ1n) is 9.02. The van der Waals surface area contributed by atoms with Gasteiger partial charge in [0.1, 0.15) is 0 Å². The molecule has 25 heavy (non-hydrogen) atoms. The lowest BCUT2D eigenvalue weighted by atomic mass is 9.79. The summed E-state index contributed by atoms with van der Waals surface area (Å²) in [5.74, 6) is 0.896. The number of nitrogens with one attached hydrogen (secondary N) is 2. The van der Waals surface area contributed by atoms with Crippen LogP contribution in [0.3, 0.4) is 0 Å². The SMILES string of the molecule is CC(CC(=O)Nc1cccc(S(=O)(=O)NCCN)c1)C1CCCCC1. The van der Waals surface area contributed by atoms with Crippen molar-refractivity contribution >= 4 is 21.6 Å². The van der Waals surface area contributed by atoms with Crippen molar-refractivity contribution in [3.8, 4) is 0 Å². The molecule has 4 N–H and O–H groups in total. The first kappa shape index (κ1) is 19.9. The number of carbonyl (C=O) groups excluding carboxylic acids is 1. The van der Waals surface area contributed by atoms with E-state index in [1.807, 2.05) is 0 Å². The highest BCUT2D eigenvalue weighted by atomic mass is 32.2. The predicted molar refractivity (Wildman–Crippen MR) is 99.7 cm³/mol. The summed E-state index contributed by atoms with van der Waals surface area (Å²) in [6.45, 7) is 2.54. The normalized spacial score (nSPS) is 17.2. The van der Waals surface area contributed by atoms with Gasteiger partial charge < -0.3 is 11.1 Å². The van der Waals surface area contributed by atoms with Crippen molar-refractivity contribution < 1.29 is 13.2 Å². The van der Waals surface area contributed by atoms with Gasteiger partial charge in [0.15, 0.2) is 0 Å². The molecule has 1 fully saturated rings. The van der Waals surface area contributed by atoms with Gasteiger partial charge in [0.2, 0.25) is 15.9 Å². The second kappa shape index (κ2) is 9.31. The average Bonchev–Trinajstić information content (AvgIpc) is 2.61. The first-order chi connectivity index (χ1) is 11.9. The number of sulfonamides is 1. The maximum atomic E-state index is 12.3. The number of amides is 1. The minimum atomic E-state index is -3.60. The van der Waals surface area contributed by atoms with Crippen LogP contribution >= 0.6 is 0 Å². The lowest BCUT2D eigenvalue weighted by Crippen LogP contribution is -2.29. The summed E-state index contributed by atoms with van der Waals surface area (Å²) in [4.78, 5) is 12.4. The molecule has 0 saturated heterocycles. The predicted octanol–water partition coefficient (Wildman–Crippen LogP) is 2.47. The van der Waals surface area contributed by atoms with Crippen molar-refractivity contribution in [3.63, 3.8) is 0 Å². The van der Waals surface area contributed by atoms with E-state index in [2.05, 4.69) is 17.0 Å². The zero-order valence-corrected chi connectivity index (χ0v) is 15.6. The second-order valence-electron chi connectivity index (χ2n) is 6.84. The molecule has 0 radical (unpaired) electrons. The molecule has 7 heteroatoms. The van der Waals surface area contributed by atoms with Crippen LogP contribution in [0.1, 0.15) is 45.4 Å². The fraction of sp³-hybridized carbons (Fsp3) is 0.611. The Hall–Kier alpha value is -1.44. The molecule has 0 aromatic heterocycles. The van der Waals surface area contributed by atoms with Crippen LogP contribution in [0.25, 0.3) is 0 Å². The molecule has 0 bridgehead atoms. The van der Waals surface area contributed by atoms with Gasteiger partial charge in [0, 0.05) is 25.2 Å². The molecule has 1 atom stereocenters. The largest absolute Gasteiger partial charge is 0.329 e. The van der Waals surface area contributed by atoms with Gasteiger partial charge in [-0.25, -0.2) is 13.1 Å². The molecule has 0 spiro atoms. The van der Waals surface area contributed by atoms with Gasteiger partial charge in [0.25, 0.3) is 0 Å². The Balaban J connectivity index is 1.95. The van der Waals surface area contributed by atoms with Gasteiger partial charge in [-0.15, -0.1) is 0 Å². The van der Waals surface area contributed by atoms with Crippen LogP contribution < -0.4 is 15.8 Å². The highest BCUT2D eigenvalue weighted by molar-refractivity contribution is 7.89. The Kier molecular flexibility index (Phi) is 7.40.